The third-order valence-electron chi connectivity index (χ3n) is 5.02. The van der Waals surface area contributed by atoms with Crippen LogP contribution in [0.5, 0.6) is 5.75 Å². The number of benzene rings is 2. The highest BCUT2D eigenvalue weighted by molar-refractivity contribution is 9.10. The molecule has 2 aromatic carbocycles. The lowest BCUT2D eigenvalue weighted by atomic mass is 10.0. The second-order valence-electron chi connectivity index (χ2n) is 7.94. The lowest BCUT2D eigenvalue weighted by Crippen LogP contribution is -2.44. The number of amides is 1. The molecule has 0 saturated heterocycles. The van der Waals surface area contributed by atoms with E-state index < -0.39 is 12.2 Å². The van der Waals surface area contributed by atoms with Crippen LogP contribution in [0.25, 0.3) is 0 Å². The minimum Gasteiger partial charge on any atom is -0.434 e. The molecule has 1 amide bonds. The highest BCUT2D eigenvalue weighted by Gasteiger charge is 2.29. The number of hydrogen-bond acceptors (Lipinski definition) is 5. The summed E-state index contributed by atoms with van der Waals surface area (Å²) in [6, 6.07) is 10.7. The van der Waals surface area contributed by atoms with Gasteiger partial charge in [-0.05, 0) is 60.6 Å². The Bertz CT molecular complexity index is 922. The smallest absolute Gasteiger partial charge is 0.434 e. The molecule has 0 spiro atoms. The Morgan fingerprint density at radius 3 is 2.67 bits per heavy atom. The van der Waals surface area contributed by atoms with Crippen molar-refractivity contribution in [2.24, 2.45) is 11.7 Å². The second kappa shape index (κ2) is 9.62. The van der Waals surface area contributed by atoms with E-state index in [1.54, 1.807) is 17.0 Å². The van der Waals surface area contributed by atoms with E-state index >= 15 is 0 Å². The normalized spacial score (nSPS) is 13.9. The SMILES string of the molecule is Cc1cc(OC(=O)OCC(C)C)cc(Br)c1CC(N)C(=O)N1CCc2ccccc21. The van der Waals surface area contributed by atoms with Crippen LogP contribution in [0, 0.1) is 12.8 Å². The van der Waals surface area contributed by atoms with Crippen LogP contribution < -0.4 is 15.4 Å². The van der Waals surface area contributed by atoms with Gasteiger partial charge in [-0.2, -0.15) is 0 Å². The van der Waals surface area contributed by atoms with Crippen LogP contribution >= 0.6 is 15.9 Å². The Morgan fingerprint density at radius 1 is 1.23 bits per heavy atom. The fraction of sp³-hybridized carbons (Fsp3) is 0.391. The predicted octanol–water partition coefficient (Wildman–Crippen LogP) is 4.39. The van der Waals surface area contributed by atoms with Crippen molar-refractivity contribution < 1.29 is 19.1 Å². The average molecular weight is 475 g/mol. The summed E-state index contributed by atoms with van der Waals surface area (Å²) in [6.45, 7) is 6.75. The third kappa shape index (κ3) is 5.21. The summed E-state index contributed by atoms with van der Waals surface area (Å²) < 4.78 is 11.0. The fourth-order valence-electron chi connectivity index (χ4n) is 3.49. The Morgan fingerprint density at radius 2 is 1.97 bits per heavy atom. The van der Waals surface area contributed by atoms with Crippen LogP contribution in [0.2, 0.25) is 0 Å². The molecule has 1 aliphatic heterocycles. The monoisotopic (exact) mass is 474 g/mol. The number of fused-ring (bicyclic) bond motifs is 1. The highest BCUT2D eigenvalue weighted by atomic mass is 79.9. The molecule has 0 aliphatic carbocycles. The third-order valence-corrected chi connectivity index (χ3v) is 5.73. The molecule has 2 N–H and O–H groups in total. The first-order valence-corrected chi connectivity index (χ1v) is 10.8. The molecule has 1 aliphatic rings. The number of hydrogen-bond donors (Lipinski definition) is 1. The van der Waals surface area contributed by atoms with Gasteiger partial charge >= 0.3 is 6.16 Å². The topological polar surface area (TPSA) is 81.9 Å². The number of carbonyl (C=O) groups is 2. The first-order valence-electron chi connectivity index (χ1n) is 10.0. The van der Waals surface area contributed by atoms with E-state index in [1.807, 2.05) is 45.0 Å². The Kier molecular flexibility index (Phi) is 7.15. The molecule has 0 saturated carbocycles. The molecule has 6 nitrogen and oxygen atoms in total. The first kappa shape index (κ1) is 22.3. The number of carbonyl (C=O) groups excluding carboxylic acids is 2. The Labute approximate surface area is 185 Å². The van der Waals surface area contributed by atoms with Crippen LogP contribution in [0.1, 0.15) is 30.5 Å². The summed E-state index contributed by atoms with van der Waals surface area (Å²) in [7, 11) is 0. The summed E-state index contributed by atoms with van der Waals surface area (Å²) in [6.07, 6.45) is 0.487. The van der Waals surface area contributed by atoms with Crippen molar-refractivity contribution in [3.05, 3.63) is 57.6 Å². The van der Waals surface area contributed by atoms with Gasteiger partial charge in [0.15, 0.2) is 0 Å². The summed E-state index contributed by atoms with van der Waals surface area (Å²) in [4.78, 5) is 26.6. The number of aryl methyl sites for hydroxylation is 1. The molecule has 30 heavy (non-hydrogen) atoms. The number of rotatable bonds is 6. The van der Waals surface area contributed by atoms with Gasteiger partial charge in [-0.1, -0.05) is 48.0 Å². The molecule has 0 aromatic heterocycles. The quantitative estimate of drug-likeness (QED) is 0.495. The van der Waals surface area contributed by atoms with Gasteiger partial charge in [0.25, 0.3) is 0 Å². The van der Waals surface area contributed by atoms with E-state index in [9.17, 15) is 9.59 Å². The van der Waals surface area contributed by atoms with Crippen LogP contribution in [0.4, 0.5) is 10.5 Å². The van der Waals surface area contributed by atoms with Crippen LogP contribution in [0.15, 0.2) is 40.9 Å². The summed E-state index contributed by atoms with van der Waals surface area (Å²) in [5, 5.41) is 0. The zero-order chi connectivity index (χ0) is 21.8. The molecule has 1 heterocycles. The molecule has 1 unspecified atom stereocenters. The van der Waals surface area contributed by atoms with E-state index in [0.29, 0.717) is 25.3 Å². The summed E-state index contributed by atoms with van der Waals surface area (Å²) in [5.74, 6) is 0.518. The molecule has 1 atom stereocenters. The van der Waals surface area contributed by atoms with E-state index in [1.165, 1.54) is 5.56 Å². The van der Waals surface area contributed by atoms with Crippen molar-refractivity contribution in [1.29, 1.82) is 0 Å². The number of nitrogens with two attached hydrogens (primary N) is 1. The van der Waals surface area contributed by atoms with Crippen LogP contribution in [0.3, 0.4) is 0 Å². The van der Waals surface area contributed by atoms with Gasteiger partial charge < -0.3 is 20.1 Å². The van der Waals surface area contributed by atoms with Crippen molar-refractivity contribution in [2.45, 2.75) is 39.7 Å². The predicted molar refractivity (Wildman–Crippen MR) is 120 cm³/mol. The number of ether oxygens (including phenoxy) is 2. The standard InChI is InChI=1S/C23H27BrN2O4/c1-14(2)13-29-23(28)30-17-10-15(3)18(19(24)11-17)12-20(25)22(27)26-9-8-16-6-4-5-7-21(16)26/h4-7,10-11,14,20H,8-9,12-13,25H2,1-3H3. The molecule has 0 fully saturated rings. The first-order chi connectivity index (χ1) is 14.3. The van der Waals surface area contributed by atoms with E-state index in [2.05, 4.69) is 15.9 Å². The van der Waals surface area contributed by atoms with Crippen molar-refractivity contribution in [3.8, 4) is 5.75 Å². The maximum atomic E-state index is 13.0. The van der Waals surface area contributed by atoms with Crippen molar-refractivity contribution in [3.63, 3.8) is 0 Å². The maximum absolute atomic E-state index is 13.0. The van der Waals surface area contributed by atoms with Gasteiger partial charge in [-0.25, -0.2) is 4.79 Å². The lowest BCUT2D eigenvalue weighted by Gasteiger charge is -2.22. The Hall–Kier alpha value is -2.38. The van der Waals surface area contributed by atoms with Crippen molar-refractivity contribution >= 4 is 33.7 Å². The molecule has 3 rings (SSSR count). The zero-order valence-electron chi connectivity index (χ0n) is 17.5. The molecule has 160 valence electrons. The fourth-order valence-corrected chi connectivity index (χ4v) is 4.20. The minimum absolute atomic E-state index is 0.0937. The maximum Gasteiger partial charge on any atom is 0.513 e. The molecular weight excluding hydrogens is 448 g/mol. The zero-order valence-corrected chi connectivity index (χ0v) is 19.1. The van der Waals surface area contributed by atoms with Gasteiger partial charge in [-0.3, -0.25) is 4.79 Å². The molecule has 2 aromatic rings. The molecule has 0 radical (unpaired) electrons. The lowest BCUT2D eigenvalue weighted by molar-refractivity contribution is -0.119. The number of nitrogens with zero attached hydrogens (tertiary/aromatic N) is 1. The Balaban J connectivity index is 1.68. The highest BCUT2D eigenvalue weighted by Crippen LogP contribution is 2.30. The molecule has 0 bridgehead atoms. The van der Waals surface area contributed by atoms with Crippen LogP contribution in [-0.2, 0) is 22.4 Å². The van der Waals surface area contributed by atoms with E-state index in [4.69, 9.17) is 15.2 Å². The van der Waals surface area contributed by atoms with Gasteiger partial charge in [0.1, 0.15) is 5.75 Å². The second-order valence-corrected chi connectivity index (χ2v) is 8.79. The number of para-hydroxylation sites is 1. The molecule has 7 heteroatoms. The van der Waals surface area contributed by atoms with Gasteiger partial charge in [0.2, 0.25) is 5.91 Å². The number of halogens is 1. The summed E-state index contributed by atoms with van der Waals surface area (Å²) >= 11 is 3.52. The van der Waals surface area contributed by atoms with Gasteiger partial charge in [0.05, 0.1) is 12.6 Å². The van der Waals surface area contributed by atoms with E-state index in [0.717, 1.165) is 27.7 Å². The minimum atomic E-state index is -0.734. The average Bonchev–Trinajstić information content (AvgIpc) is 3.12. The van der Waals surface area contributed by atoms with Crippen molar-refractivity contribution in [1.82, 2.24) is 0 Å². The van der Waals surface area contributed by atoms with E-state index in [-0.39, 0.29) is 11.8 Å². The van der Waals surface area contributed by atoms with Gasteiger partial charge in [-0.15, -0.1) is 0 Å². The van der Waals surface area contributed by atoms with Crippen molar-refractivity contribution in [2.75, 3.05) is 18.1 Å². The largest absolute Gasteiger partial charge is 0.513 e. The summed E-state index contributed by atoms with van der Waals surface area (Å²) in [5.41, 5.74) is 10.2. The van der Waals surface area contributed by atoms with Crippen LogP contribution in [-0.4, -0.2) is 31.3 Å². The molecular formula is C23H27BrN2O4. The van der Waals surface area contributed by atoms with Gasteiger partial charge in [0, 0.05) is 16.7 Å². The number of anilines is 1.